The number of unbranched alkanes of at least 4 members (excludes halogenated alkanes) is 8. The van der Waals surface area contributed by atoms with Crippen molar-refractivity contribution in [2.24, 2.45) is 40.1 Å². The number of hydrogen-bond donors (Lipinski definition) is 19. The second-order valence-electron chi connectivity index (χ2n) is 22.2. The molecule has 0 radical (unpaired) electrons. The quantitative estimate of drug-likeness (QED) is 0.0182. The summed E-state index contributed by atoms with van der Waals surface area (Å²) in [5, 5.41) is 19.4. The van der Waals surface area contributed by atoms with E-state index in [1.165, 1.54) is 6.20 Å². The van der Waals surface area contributed by atoms with Gasteiger partial charge in [-0.3, -0.25) is 42.7 Å². The molecule has 36 nitrogen and oxygen atoms in total. The summed E-state index contributed by atoms with van der Waals surface area (Å²) in [6, 6.07) is -6.48. The van der Waals surface area contributed by atoms with Crippen molar-refractivity contribution in [1.82, 2.24) is 46.8 Å². The molecule has 93 heavy (non-hydrogen) atoms. The fraction of sp³-hybridized carbons (Fsp3) is 0.759. The monoisotopic (exact) mass is 1390 g/mol. The molecule has 1 aliphatic heterocycles. The molecule has 0 saturated carbocycles. The number of phosphoric ester groups is 1. The van der Waals surface area contributed by atoms with Crippen LogP contribution in [0.15, 0.2) is 11.0 Å². The number of aromatic nitrogens is 2. The fourth-order valence-electron chi connectivity index (χ4n) is 9.39. The van der Waals surface area contributed by atoms with Crippen LogP contribution >= 0.6 is 23.5 Å². The third-order valence-electron chi connectivity index (χ3n) is 14.4. The van der Waals surface area contributed by atoms with Gasteiger partial charge in [0.25, 0.3) is 0 Å². The van der Waals surface area contributed by atoms with Crippen molar-refractivity contribution in [3.05, 3.63) is 22.2 Å². The first-order valence-electron chi connectivity index (χ1n) is 31.5. The molecule has 2 rings (SSSR count). The van der Waals surface area contributed by atoms with E-state index in [1.54, 1.807) is 0 Å². The Hall–Kier alpha value is -5.38. The van der Waals surface area contributed by atoms with Gasteiger partial charge in [0.1, 0.15) is 42.3 Å². The first-order valence-corrected chi connectivity index (χ1v) is 36.0. The zero-order chi connectivity index (χ0) is 69.4. The third-order valence-corrected chi connectivity index (χ3v) is 18.2. The molecule has 1 saturated heterocycles. The van der Waals surface area contributed by atoms with Crippen molar-refractivity contribution in [3.63, 3.8) is 0 Å². The molecule has 0 bridgehead atoms. The number of amides is 7. The lowest BCUT2D eigenvalue weighted by Gasteiger charge is -2.28. The molecule has 27 N–H and O–H groups in total. The van der Waals surface area contributed by atoms with Gasteiger partial charge in [-0.15, -0.1) is 0 Å². The van der Waals surface area contributed by atoms with Crippen LogP contribution in [0.3, 0.4) is 0 Å². The van der Waals surface area contributed by atoms with Crippen LogP contribution in [0.4, 0.5) is 5.82 Å². The molecule has 1 fully saturated rings. The van der Waals surface area contributed by atoms with Crippen molar-refractivity contribution >= 4 is 70.6 Å². The Labute approximate surface area is 541 Å². The summed E-state index contributed by atoms with van der Waals surface area (Å²) in [5.41, 5.74) is 45.8. The van der Waals surface area contributed by atoms with Crippen molar-refractivity contribution in [1.29, 1.82) is 0 Å². The molecule has 0 aromatic carbocycles. The third kappa shape index (κ3) is 35.8. The van der Waals surface area contributed by atoms with Gasteiger partial charge in [-0.25, -0.2) is 18.5 Å². The van der Waals surface area contributed by atoms with Crippen LogP contribution in [0, 0.1) is 11.8 Å². The van der Waals surface area contributed by atoms with E-state index < -0.39 is 120 Å². The highest BCUT2D eigenvalue weighted by molar-refractivity contribution is 7.66. The molecule has 1 aromatic rings. The second kappa shape index (κ2) is 45.9. The molecule has 10 atom stereocenters. The van der Waals surface area contributed by atoms with Crippen LogP contribution < -0.4 is 88.8 Å². The Bertz CT molecular complexity index is 2760. The fourth-order valence-corrected chi connectivity index (χ4v) is 12.4. The van der Waals surface area contributed by atoms with Crippen LogP contribution in [0.1, 0.15) is 166 Å². The van der Waals surface area contributed by atoms with E-state index in [9.17, 15) is 61.8 Å². The number of nitrogens with two attached hydrogens (primary N) is 8. The summed E-state index contributed by atoms with van der Waals surface area (Å²) in [6.45, 7) is 1.39. The van der Waals surface area contributed by atoms with Gasteiger partial charge in [0.2, 0.25) is 41.4 Å². The molecule has 1 aromatic heterocycles. The predicted molar refractivity (Wildman–Crippen MR) is 342 cm³/mol. The average molecular weight is 1390 g/mol. The van der Waals surface area contributed by atoms with E-state index in [1.807, 2.05) is 0 Å². The minimum atomic E-state index is -5.74. The topological polar surface area (TPSA) is 616 Å². The minimum Gasteiger partial charge on any atom is -0.382 e. The summed E-state index contributed by atoms with van der Waals surface area (Å²) in [5.74, 6) is 1.23. The Balaban J connectivity index is 2.08. The molecule has 2 heterocycles. The number of rotatable bonds is 50. The van der Waals surface area contributed by atoms with E-state index in [-0.39, 0.29) is 81.7 Å². The molecular formula is C54H102N17O19P3. The highest BCUT2D eigenvalue weighted by Gasteiger charge is 2.42. The predicted octanol–water partition coefficient (Wildman–Crippen LogP) is -2.48. The molecule has 39 heteroatoms. The minimum absolute atomic E-state index is 0.0918. The number of ether oxygens (including phenoxy) is 1. The van der Waals surface area contributed by atoms with Crippen LogP contribution in [0.25, 0.3) is 0 Å². The summed E-state index contributed by atoms with van der Waals surface area (Å²) < 4.78 is 53.4. The van der Waals surface area contributed by atoms with Gasteiger partial charge < -0.3 is 107 Å². The van der Waals surface area contributed by atoms with Gasteiger partial charge in [0.05, 0.1) is 30.9 Å². The van der Waals surface area contributed by atoms with Gasteiger partial charge in [0.15, 0.2) is 0 Å². The molecular weight excluding hydrogens is 1280 g/mol. The number of anilines is 1. The summed E-state index contributed by atoms with van der Waals surface area (Å²) in [6.07, 6.45) is 8.45. The Morgan fingerprint density at radius 3 is 1.44 bits per heavy atom. The molecule has 0 spiro atoms. The molecule has 532 valence electrons. The average Bonchev–Trinajstić information content (AvgIpc) is 1.83. The maximum absolute atomic E-state index is 14.3. The van der Waals surface area contributed by atoms with E-state index in [4.69, 9.17) is 60.4 Å². The summed E-state index contributed by atoms with van der Waals surface area (Å²) >= 11 is 0. The molecule has 7 amide bonds. The number of hydrogen-bond acceptors (Lipinski definition) is 24. The van der Waals surface area contributed by atoms with Gasteiger partial charge in [-0.1, -0.05) is 24.7 Å². The van der Waals surface area contributed by atoms with E-state index in [0.717, 1.165) is 4.57 Å². The first-order chi connectivity index (χ1) is 44.1. The van der Waals surface area contributed by atoms with Gasteiger partial charge in [0, 0.05) is 19.2 Å². The molecule has 1 aliphatic rings. The Morgan fingerprint density at radius 1 is 0.570 bits per heavy atom. The van der Waals surface area contributed by atoms with E-state index in [2.05, 4.69) is 67.2 Å². The number of nitrogens with one attached hydrogen (secondary N) is 7. The van der Waals surface area contributed by atoms with Crippen molar-refractivity contribution in [2.75, 3.05) is 64.7 Å². The van der Waals surface area contributed by atoms with Crippen LogP contribution in [-0.2, 0) is 65.1 Å². The lowest BCUT2D eigenvalue weighted by molar-refractivity contribution is -0.135. The van der Waals surface area contributed by atoms with Crippen molar-refractivity contribution < 1.29 is 84.7 Å². The van der Waals surface area contributed by atoms with Crippen molar-refractivity contribution in [3.8, 4) is 11.8 Å². The maximum Gasteiger partial charge on any atom is 0.490 e. The zero-order valence-electron chi connectivity index (χ0n) is 52.8. The number of carbonyl (C=O) groups is 7. The van der Waals surface area contributed by atoms with Crippen molar-refractivity contribution in [2.45, 2.75) is 203 Å². The standard InChI is InChI=1S/C54H102N17O19P3/c55-27-9-3-18-39(61)48(73)65-41(20-5-11-29-57)50(75)67-43(22-7-13-31-59)52(77)69-44(23-8-14-32-60)53(78)68-42(21-6-12-30-58)51(76)66-40(19-4-10-28-56)49(74)64-33-15-1-2-24-45(72)63-34-16-17-37-35-71(54(79)70-47(37)62)46-26-25-38(88-46)36-87-92(83,84)90-93(85,86)89-91(80,81)82/h35,38-44,46H,1-15,18-34,36,55-61H2,(H,63,72)(H,64,74)(H,65,73)(H,66,76)(H,67,75)(H,68,78)(H,69,77)(H,83,84)(H,85,86)(H2,62,70,79)(H2,80,81,82)/t38-,39-,40-,41-,42-,43-,44-,46+/m0/s1. The highest BCUT2D eigenvalue weighted by Crippen LogP contribution is 2.66. The Morgan fingerprint density at radius 2 is 1.00 bits per heavy atom. The lowest BCUT2D eigenvalue weighted by Crippen LogP contribution is -2.59. The summed E-state index contributed by atoms with van der Waals surface area (Å²) in [4.78, 5) is 149. The normalized spacial score (nSPS) is 17.2. The van der Waals surface area contributed by atoms with Gasteiger partial charge in [-0.2, -0.15) is 13.6 Å². The van der Waals surface area contributed by atoms with Crippen LogP contribution in [0.5, 0.6) is 0 Å². The SMILES string of the molecule is NCCCC[C@H](NC(=O)[C@H](CCCCN)NC(=O)[C@H](CCCCN)NC(=O)[C@H](CCCCN)NC(=O)[C@H](CCCCN)NC(=O)[C@@H](N)CCCCN)C(=O)NCCCCCC(=O)NCC#Cc1cn([C@H]2CC[C@@H](COP(=O)(O)OP(=O)(O)OP(=O)(O)O)O2)c(=O)nc1N. The van der Waals surface area contributed by atoms with Gasteiger partial charge >= 0.3 is 29.2 Å². The smallest absolute Gasteiger partial charge is 0.382 e. The van der Waals surface area contributed by atoms with Crippen LogP contribution in [0.2, 0.25) is 0 Å². The summed E-state index contributed by atoms with van der Waals surface area (Å²) in [7, 11) is -16.7. The van der Waals surface area contributed by atoms with Gasteiger partial charge in [-0.05, 0) is 174 Å². The Kier molecular flexibility index (Phi) is 41.3. The highest BCUT2D eigenvalue weighted by atomic mass is 31.3. The van der Waals surface area contributed by atoms with E-state index >= 15 is 0 Å². The maximum atomic E-state index is 14.3. The first kappa shape index (κ1) is 83.7. The number of carbonyl (C=O) groups excluding carboxylic acids is 7. The molecule has 2 unspecified atom stereocenters. The lowest BCUT2D eigenvalue weighted by atomic mass is 10.0. The second-order valence-corrected chi connectivity index (χ2v) is 26.6. The largest absolute Gasteiger partial charge is 0.490 e. The number of nitrogens with zero attached hydrogens (tertiary/aromatic N) is 2. The van der Waals surface area contributed by atoms with E-state index in [0.29, 0.717) is 142 Å². The zero-order valence-corrected chi connectivity index (χ0v) is 55.5. The van der Waals surface area contributed by atoms with Crippen LogP contribution in [-0.4, -0.2) is 172 Å². The molecule has 0 aliphatic carbocycles. The number of nitrogen functional groups attached to an aromatic ring is 1. The number of phosphoric acid groups is 3.